The van der Waals surface area contributed by atoms with Gasteiger partial charge in [0.1, 0.15) is 11.5 Å². The standard InChI is InChI=1S/C19H23NO2/c20-18(19(21)15-6-4-5-7-15)14-10-12-17(13-11-14)22-16-8-2-1-3-9-16/h1-3,8-13,15,18-19,21H,4-7,20H2/t18-,19+/m1/s1. The third-order valence-electron chi connectivity index (χ3n) is 4.49. The minimum atomic E-state index is -0.455. The molecule has 0 aliphatic heterocycles. The SMILES string of the molecule is N[C@H](c1ccc(Oc2ccccc2)cc1)[C@@H](O)C1CCCC1. The van der Waals surface area contributed by atoms with Crippen molar-refractivity contribution in [3.8, 4) is 11.5 Å². The average molecular weight is 297 g/mol. The van der Waals surface area contributed by atoms with Crippen molar-refractivity contribution in [3.05, 3.63) is 60.2 Å². The van der Waals surface area contributed by atoms with Crippen LogP contribution in [0, 0.1) is 5.92 Å². The van der Waals surface area contributed by atoms with E-state index in [1.165, 1.54) is 12.8 Å². The smallest absolute Gasteiger partial charge is 0.127 e. The summed E-state index contributed by atoms with van der Waals surface area (Å²) in [5.74, 6) is 1.93. The Hall–Kier alpha value is -1.84. The predicted molar refractivity (Wildman–Crippen MR) is 87.9 cm³/mol. The number of hydrogen-bond donors (Lipinski definition) is 2. The monoisotopic (exact) mass is 297 g/mol. The van der Waals surface area contributed by atoms with Crippen molar-refractivity contribution in [3.63, 3.8) is 0 Å². The van der Waals surface area contributed by atoms with Crippen LogP contribution in [-0.2, 0) is 0 Å². The Balaban J connectivity index is 1.65. The lowest BCUT2D eigenvalue weighted by Gasteiger charge is -2.24. The largest absolute Gasteiger partial charge is 0.457 e. The van der Waals surface area contributed by atoms with Gasteiger partial charge in [-0.1, -0.05) is 43.2 Å². The Bertz CT molecular complexity index is 576. The summed E-state index contributed by atoms with van der Waals surface area (Å²) in [4.78, 5) is 0. The van der Waals surface area contributed by atoms with Crippen LogP contribution in [0.15, 0.2) is 54.6 Å². The molecule has 3 rings (SSSR count). The molecule has 0 bridgehead atoms. The van der Waals surface area contributed by atoms with Gasteiger partial charge in [-0.05, 0) is 48.6 Å². The summed E-state index contributed by atoms with van der Waals surface area (Å²) in [7, 11) is 0. The van der Waals surface area contributed by atoms with E-state index in [-0.39, 0.29) is 6.04 Å². The van der Waals surface area contributed by atoms with E-state index in [1.807, 2.05) is 54.6 Å². The van der Waals surface area contributed by atoms with Gasteiger partial charge >= 0.3 is 0 Å². The van der Waals surface area contributed by atoms with Crippen LogP contribution in [0.1, 0.15) is 37.3 Å². The quantitative estimate of drug-likeness (QED) is 0.876. The van der Waals surface area contributed by atoms with Gasteiger partial charge in [0.2, 0.25) is 0 Å². The van der Waals surface area contributed by atoms with Crippen molar-refractivity contribution >= 4 is 0 Å². The fourth-order valence-electron chi connectivity index (χ4n) is 3.17. The van der Waals surface area contributed by atoms with Gasteiger partial charge in [0.15, 0.2) is 0 Å². The van der Waals surface area contributed by atoms with E-state index >= 15 is 0 Å². The maximum absolute atomic E-state index is 10.4. The highest BCUT2D eigenvalue weighted by Gasteiger charge is 2.28. The van der Waals surface area contributed by atoms with Crippen LogP contribution < -0.4 is 10.5 Å². The van der Waals surface area contributed by atoms with Crippen molar-refractivity contribution in [1.82, 2.24) is 0 Å². The van der Waals surface area contributed by atoms with E-state index < -0.39 is 6.10 Å². The zero-order chi connectivity index (χ0) is 15.4. The van der Waals surface area contributed by atoms with E-state index in [4.69, 9.17) is 10.5 Å². The van der Waals surface area contributed by atoms with Gasteiger partial charge in [-0.15, -0.1) is 0 Å². The Morgan fingerprint density at radius 2 is 1.50 bits per heavy atom. The molecule has 3 nitrogen and oxygen atoms in total. The second-order valence-corrected chi connectivity index (χ2v) is 6.05. The highest BCUT2D eigenvalue weighted by atomic mass is 16.5. The first-order valence-corrected chi connectivity index (χ1v) is 8.00. The van der Waals surface area contributed by atoms with Crippen LogP contribution in [0.3, 0.4) is 0 Å². The summed E-state index contributed by atoms with van der Waals surface area (Å²) in [5.41, 5.74) is 7.19. The molecule has 0 unspecified atom stereocenters. The van der Waals surface area contributed by atoms with Gasteiger partial charge in [-0.25, -0.2) is 0 Å². The number of ether oxygens (including phenoxy) is 1. The molecule has 3 heteroatoms. The molecular weight excluding hydrogens is 274 g/mol. The highest BCUT2D eigenvalue weighted by Crippen LogP contribution is 2.33. The molecule has 0 saturated heterocycles. The number of aliphatic hydroxyl groups is 1. The summed E-state index contributed by atoms with van der Waals surface area (Å²) in [6, 6.07) is 17.1. The number of hydrogen-bond acceptors (Lipinski definition) is 3. The first-order chi connectivity index (χ1) is 10.7. The average Bonchev–Trinajstić information content (AvgIpc) is 3.10. The summed E-state index contributed by atoms with van der Waals surface area (Å²) in [6.45, 7) is 0. The van der Waals surface area contributed by atoms with Crippen LogP contribution in [0.4, 0.5) is 0 Å². The molecule has 2 atom stereocenters. The molecule has 0 amide bonds. The van der Waals surface area contributed by atoms with Crippen LogP contribution in [0.2, 0.25) is 0 Å². The Morgan fingerprint density at radius 3 is 2.14 bits per heavy atom. The molecular formula is C19H23NO2. The summed E-state index contributed by atoms with van der Waals surface area (Å²) >= 11 is 0. The maximum Gasteiger partial charge on any atom is 0.127 e. The molecule has 2 aromatic carbocycles. The van der Waals surface area contributed by atoms with Crippen molar-refractivity contribution in [2.24, 2.45) is 11.7 Å². The minimum Gasteiger partial charge on any atom is -0.457 e. The fraction of sp³-hybridized carbons (Fsp3) is 0.368. The Morgan fingerprint density at radius 1 is 0.909 bits per heavy atom. The Labute approximate surface area is 131 Å². The van der Waals surface area contributed by atoms with Crippen molar-refractivity contribution in [2.75, 3.05) is 0 Å². The summed E-state index contributed by atoms with van der Waals surface area (Å²) < 4.78 is 5.77. The number of aliphatic hydroxyl groups excluding tert-OH is 1. The molecule has 1 aliphatic carbocycles. The number of benzene rings is 2. The topological polar surface area (TPSA) is 55.5 Å². The lowest BCUT2D eigenvalue weighted by atomic mass is 9.91. The number of rotatable bonds is 5. The molecule has 1 fully saturated rings. The molecule has 0 heterocycles. The van der Waals surface area contributed by atoms with Gasteiger partial charge in [0, 0.05) is 0 Å². The Kier molecular flexibility index (Phi) is 4.76. The second-order valence-electron chi connectivity index (χ2n) is 6.05. The predicted octanol–water partition coefficient (Wildman–Crippen LogP) is 4.03. The normalized spacial score (nSPS) is 18.1. The van der Waals surface area contributed by atoms with E-state index in [0.717, 1.165) is 29.9 Å². The zero-order valence-corrected chi connectivity index (χ0v) is 12.7. The van der Waals surface area contributed by atoms with Crippen LogP contribution >= 0.6 is 0 Å². The van der Waals surface area contributed by atoms with E-state index in [9.17, 15) is 5.11 Å². The molecule has 116 valence electrons. The molecule has 0 aromatic heterocycles. The van der Waals surface area contributed by atoms with Gasteiger partial charge in [0.25, 0.3) is 0 Å². The molecule has 0 spiro atoms. The van der Waals surface area contributed by atoms with E-state index in [2.05, 4.69) is 0 Å². The van der Waals surface area contributed by atoms with Gasteiger partial charge in [-0.2, -0.15) is 0 Å². The third-order valence-corrected chi connectivity index (χ3v) is 4.49. The molecule has 3 N–H and O–H groups in total. The molecule has 2 aromatic rings. The van der Waals surface area contributed by atoms with Gasteiger partial charge < -0.3 is 15.6 Å². The minimum absolute atomic E-state index is 0.325. The lowest BCUT2D eigenvalue weighted by molar-refractivity contribution is 0.0845. The second kappa shape index (κ2) is 6.95. The lowest BCUT2D eigenvalue weighted by Crippen LogP contribution is -2.31. The highest BCUT2D eigenvalue weighted by molar-refractivity contribution is 5.34. The maximum atomic E-state index is 10.4. The van der Waals surface area contributed by atoms with Crippen LogP contribution in [-0.4, -0.2) is 11.2 Å². The van der Waals surface area contributed by atoms with E-state index in [1.54, 1.807) is 0 Å². The van der Waals surface area contributed by atoms with E-state index in [0.29, 0.717) is 5.92 Å². The summed E-state index contributed by atoms with van der Waals surface area (Å²) in [5, 5.41) is 10.4. The molecule has 22 heavy (non-hydrogen) atoms. The third kappa shape index (κ3) is 3.49. The molecule has 1 aliphatic rings. The first kappa shape index (κ1) is 15.1. The van der Waals surface area contributed by atoms with Crippen molar-refractivity contribution in [1.29, 1.82) is 0 Å². The van der Waals surface area contributed by atoms with Gasteiger partial charge in [-0.3, -0.25) is 0 Å². The van der Waals surface area contributed by atoms with Crippen molar-refractivity contribution in [2.45, 2.75) is 37.8 Å². The first-order valence-electron chi connectivity index (χ1n) is 8.00. The molecule has 0 radical (unpaired) electrons. The van der Waals surface area contributed by atoms with Gasteiger partial charge in [0.05, 0.1) is 12.1 Å². The van der Waals surface area contributed by atoms with Crippen LogP contribution in [0.25, 0.3) is 0 Å². The summed E-state index contributed by atoms with van der Waals surface area (Å²) in [6.07, 6.45) is 4.13. The fourth-order valence-corrected chi connectivity index (χ4v) is 3.17. The zero-order valence-electron chi connectivity index (χ0n) is 12.7. The van der Waals surface area contributed by atoms with Crippen LogP contribution in [0.5, 0.6) is 11.5 Å². The van der Waals surface area contributed by atoms with Crippen molar-refractivity contribution < 1.29 is 9.84 Å². The number of para-hydroxylation sites is 1. The molecule has 1 saturated carbocycles. The number of nitrogens with two attached hydrogens (primary N) is 1.